The van der Waals surface area contributed by atoms with Crippen LogP contribution in [0.2, 0.25) is 0 Å². The lowest BCUT2D eigenvalue weighted by Gasteiger charge is -2.29. The van der Waals surface area contributed by atoms with E-state index in [0.717, 1.165) is 48.5 Å². The van der Waals surface area contributed by atoms with Gasteiger partial charge in [-0.3, -0.25) is 4.79 Å². The number of alkyl halides is 3. The van der Waals surface area contributed by atoms with Crippen LogP contribution in [0.1, 0.15) is 36.0 Å². The van der Waals surface area contributed by atoms with Gasteiger partial charge in [-0.1, -0.05) is 28.1 Å². The lowest BCUT2D eigenvalue weighted by atomic mass is 9.86. The Morgan fingerprint density at radius 1 is 1.11 bits per heavy atom. The van der Waals surface area contributed by atoms with Crippen LogP contribution in [0.5, 0.6) is 5.75 Å². The van der Waals surface area contributed by atoms with Crippen LogP contribution in [-0.4, -0.2) is 48.9 Å². The highest BCUT2D eigenvalue weighted by Gasteiger charge is 2.33. The summed E-state index contributed by atoms with van der Waals surface area (Å²) in [6, 6.07) is 11.9. The van der Waals surface area contributed by atoms with E-state index in [1.54, 1.807) is 0 Å². The van der Waals surface area contributed by atoms with Crippen molar-refractivity contribution in [1.29, 1.82) is 0 Å². The van der Waals surface area contributed by atoms with Gasteiger partial charge in [0.25, 0.3) is 5.91 Å². The summed E-state index contributed by atoms with van der Waals surface area (Å²) < 4.78 is 42.6. The number of aromatic nitrogens is 2. The molecule has 1 fully saturated rings. The van der Waals surface area contributed by atoms with Gasteiger partial charge >= 0.3 is 6.36 Å². The molecule has 0 unspecified atom stereocenters. The molecule has 0 saturated heterocycles. The number of nitrogens with zero attached hydrogens (tertiary/aromatic N) is 3. The van der Waals surface area contributed by atoms with Gasteiger partial charge in [-0.15, -0.1) is 13.2 Å². The van der Waals surface area contributed by atoms with Gasteiger partial charge in [0.15, 0.2) is 0 Å². The minimum Gasteiger partial charge on any atom is -0.405 e. The Bertz CT molecular complexity index is 1230. The van der Waals surface area contributed by atoms with Crippen LogP contribution in [0.3, 0.4) is 0 Å². The van der Waals surface area contributed by atoms with Crippen molar-refractivity contribution in [3.8, 4) is 5.75 Å². The quantitative estimate of drug-likeness (QED) is 0.379. The normalized spacial score (nSPS) is 18.1. The molecule has 0 radical (unpaired) electrons. The van der Waals surface area contributed by atoms with Crippen LogP contribution in [-0.2, 0) is 0 Å². The van der Waals surface area contributed by atoms with Crippen molar-refractivity contribution in [2.24, 2.45) is 5.92 Å². The first kappa shape index (κ1) is 26.0. The molecule has 1 aromatic heterocycles. The summed E-state index contributed by atoms with van der Waals surface area (Å²) in [5.41, 5.74) is 0.707. The predicted molar refractivity (Wildman–Crippen MR) is 136 cm³/mol. The Labute approximate surface area is 215 Å². The van der Waals surface area contributed by atoms with Gasteiger partial charge in [0, 0.05) is 36.5 Å². The summed E-state index contributed by atoms with van der Waals surface area (Å²) in [6.07, 6.45) is -1.43. The second kappa shape index (κ2) is 10.9. The van der Waals surface area contributed by atoms with Gasteiger partial charge in [0.05, 0.1) is 11.1 Å². The van der Waals surface area contributed by atoms with Crippen LogP contribution in [0.25, 0.3) is 10.9 Å². The third-order valence-corrected chi connectivity index (χ3v) is 6.64. The Morgan fingerprint density at radius 3 is 2.53 bits per heavy atom. The number of fused-ring (bicyclic) bond motifs is 1. The fourth-order valence-electron chi connectivity index (χ4n) is 4.38. The molecule has 3 aromatic rings. The molecule has 1 aliphatic rings. The molecule has 2 N–H and O–H groups in total. The van der Waals surface area contributed by atoms with Gasteiger partial charge in [-0.25, -0.2) is 4.98 Å². The smallest absolute Gasteiger partial charge is 0.405 e. The fourth-order valence-corrected chi connectivity index (χ4v) is 4.75. The molecule has 1 amide bonds. The van der Waals surface area contributed by atoms with E-state index in [2.05, 4.69) is 36.3 Å². The number of carbonyl (C=O) groups is 1. The minimum atomic E-state index is -4.88. The van der Waals surface area contributed by atoms with Crippen molar-refractivity contribution in [3.63, 3.8) is 0 Å². The molecule has 11 heteroatoms. The van der Waals surface area contributed by atoms with Gasteiger partial charge in [-0.2, -0.15) is 4.98 Å². The zero-order chi connectivity index (χ0) is 25.9. The lowest BCUT2D eigenvalue weighted by molar-refractivity contribution is -0.274. The van der Waals surface area contributed by atoms with E-state index in [1.807, 2.05) is 43.3 Å². The predicted octanol–water partition coefficient (Wildman–Crippen LogP) is 5.76. The summed E-state index contributed by atoms with van der Waals surface area (Å²) in [5.74, 6) is 0.531. The molecule has 1 heterocycles. The number of rotatable bonds is 7. The summed E-state index contributed by atoms with van der Waals surface area (Å²) in [5, 5.41) is 7.21. The molecule has 0 aliphatic heterocycles. The van der Waals surface area contributed by atoms with E-state index in [0.29, 0.717) is 17.0 Å². The van der Waals surface area contributed by atoms with Crippen LogP contribution in [0.4, 0.5) is 24.9 Å². The van der Waals surface area contributed by atoms with Crippen molar-refractivity contribution in [2.45, 2.75) is 38.1 Å². The average Bonchev–Trinajstić information content (AvgIpc) is 2.83. The zero-order valence-corrected chi connectivity index (χ0v) is 21.5. The molecular formula is C25H27BrF3N5O2. The topological polar surface area (TPSA) is 79.4 Å². The van der Waals surface area contributed by atoms with Crippen LogP contribution < -0.4 is 20.3 Å². The van der Waals surface area contributed by atoms with Gasteiger partial charge < -0.3 is 20.3 Å². The SMILES string of the molecule is CN(C)c1nc(NC2CCC(CNC(=O)c3cc(Br)ccc3OC(F)(F)F)CC2)nc2ccccc12. The number of hydrogen-bond acceptors (Lipinski definition) is 6. The number of nitrogens with one attached hydrogen (secondary N) is 2. The standard InChI is InChI=1S/C25H27BrF3N5O2/c1-34(2)22-18-5-3-4-6-20(18)32-24(33-22)31-17-10-7-15(8-11-17)14-30-23(35)19-13-16(26)9-12-21(19)36-25(27,28)29/h3-6,9,12-13,15,17H,7-8,10-11,14H2,1-2H3,(H,30,35)(H,31,32,33). The maximum atomic E-state index is 12.7. The monoisotopic (exact) mass is 565 g/mol. The van der Waals surface area contributed by atoms with E-state index in [4.69, 9.17) is 4.98 Å². The number of benzene rings is 2. The highest BCUT2D eigenvalue weighted by molar-refractivity contribution is 9.10. The molecule has 4 rings (SSSR count). The van der Waals surface area contributed by atoms with Crippen molar-refractivity contribution in [1.82, 2.24) is 15.3 Å². The van der Waals surface area contributed by atoms with Crippen molar-refractivity contribution < 1.29 is 22.7 Å². The number of para-hydroxylation sites is 1. The molecular weight excluding hydrogens is 539 g/mol. The second-order valence-corrected chi connectivity index (χ2v) is 9.96. The lowest BCUT2D eigenvalue weighted by Crippen LogP contribution is -2.34. The first-order valence-corrected chi connectivity index (χ1v) is 12.4. The van der Waals surface area contributed by atoms with E-state index in [-0.39, 0.29) is 17.5 Å². The van der Waals surface area contributed by atoms with Crippen LogP contribution in [0, 0.1) is 5.92 Å². The number of carbonyl (C=O) groups excluding carboxylic acids is 1. The van der Waals surface area contributed by atoms with Gasteiger partial charge in [-0.05, 0) is 61.9 Å². The Balaban J connectivity index is 1.33. The number of amides is 1. The van der Waals surface area contributed by atoms with E-state index in [9.17, 15) is 18.0 Å². The minimum absolute atomic E-state index is 0.165. The second-order valence-electron chi connectivity index (χ2n) is 9.04. The average molecular weight is 566 g/mol. The first-order valence-electron chi connectivity index (χ1n) is 11.6. The summed E-state index contributed by atoms with van der Waals surface area (Å²) in [7, 11) is 3.90. The molecule has 1 saturated carbocycles. The highest BCUT2D eigenvalue weighted by atomic mass is 79.9. The zero-order valence-electron chi connectivity index (χ0n) is 19.9. The van der Waals surface area contributed by atoms with E-state index >= 15 is 0 Å². The van der Waals surface area contributed by atoms with Crippen molar-refractivity contribution in [2.75, 3.05) is 30.9 Å². The summed E-state index contributed by atoms with van der Waals surface area (Å²) in [4.78, 5) is 24.0. The van der Waals surface area contributed by atoms with Crippen LogP contribution in [0.15, 0.2) is 46.9 Å². The highest BCUT2D eigenvalue weighted by Crippen LogP contribution is 2.30. The molecule has 1 aliphatic carbocycles. The van der Waals surface area contributed by atoms with Gasteiger partial charge in [0.2, 0.25) is 5.95 Å². The first-order chi connectivity index (χ1) is 17.1. The number of hydrogen-bond donors (Lipinski definition) is 2. The number of halogens is 4. The van der Waals surface area contributed by atoms with Crippen molar-refractivity contribution in [3.05, 3.63) is 52.5 Å². The largest absolute Gasteiger partial charge is 0.573 e. The fraction of sp³-hybridized carbons (Fsp3) is 0.400. The molecule has 0 spiro atoms. The molecule has 2 aromatic carbocycles. The maximum Gasteiger partial charge on any atom is 0.573 e. The number of ether oxygens (including phenoxy) is 1. The Kier molecular flexibility index (Phi) is 7.87. The molecule has 7 nitrogen and oxygen atoms in total. The third-order valence-electron chi connectivity index (χ3n) is 6.15. The number of anilines is 2. The third kappa shape index (κ3) is 6.57. The van der Waals surface area contributed by atoms with E-state index < -0.39 is 18.0 Å². The molecule has 192 valence electrons. The van der Waals surface area contributed by atoms with E-state index in [1.165, 1.54) is 12.1 Å². The molecule has 0 atom stereocenters. The Hall–Kier alpha value is -3.08. The summed E-state index contributed by atoms with van der Waals surface area (Å²) >= 11 is 3.19. The molecule has 36 heavy (non-hydrogen) atoms. The summed E-state index contributed by atoms with van der Waals surface area (Å²) in [6.45, 7) is 0.376. The molecule has 0 bridgehead atoms. The van der Waals surface area contributed by atoms with Crippen molar-refractivity contribution >= 4 is 44.5 Å². The Morgan fingerprint density at radius 2 is 1.83 bits per heavy atom. The maximum absolute atomic E-state index is 12.7. The van der Waals surface area contributed by atoms with Gasteiger partial charge in [0.1, 0.15) is 11.6 Å². The van der Waals surface area contributed by atoms with Crippen LogP contribution >= 0.6 is 15.9 Å².